The van der Waals surface area contributed by atoms with Crippen molar-refractivity contribution < 1.29 is 39.3 Å². The Labute approximate surface area is 262 Å². The number of allylic oxidation sites excluding steroid dienone is 1. The molecule has 44 heavy (non-hydrogen) atoms. The number of carboxylic acid groups (broad SMARTS) is 2. The third kappa shape index (κ3) is 5.98. The summed E-state index contributed by atoms with van der Waals surface area (Å²) in [6.07, 6.45) is 3.44. The van der Waals surface area contributed by atoms with E-state index in [-0.39, 0.29) is 34.8 Å². The minimum Gasteiger partial charge on any atom is -0.478 e. The van der Waals surface area contributed by atoms with Gasteiger partial charge in [0, 0.05) is 22.6 Å². The highest BCUT2D eigenvalue weighted by atomic mass is 32.2. The van der Waals surface area contributed by atoms with Crippen molar-refractivity contribution in [1.29, 1.82) is 0 Å². The van der Waals surface area contributed by atoms with Crippen LogP contribution < -0.4 is 16.6 Å². The van der Waals surface area contributed by atoms with Crippen molar-refractivity contribution in [3.63, 3.8) is 0 Å². The van der Waals surface area contributed by atoms with Gasteiger partial charge in [-0.1, -0.05) is 5.16 Å². The van der Waals surface area contributed by atoms with Crippen molar-refractivity contribution in [3.8, 4) is 0 Å². The summed E-state index contributed by atoms with van der Waals surface area (Å²) in [5.74, 6) is -3.05. The van der Waals surface area contributed by atoms with E-state index < -0.39 is 46.5 Å². The Hall–Kier alpha value is -4.11. The molecule has 1 saturated heterocycles. The number of rotatable bonds is 11. The Kier molecular flexibility index (Phi) is 8.62. The van der Waals surface area contributed by atoms with Crippen molar-refractivity contribution in [2.24, 2.45) is 10.1 Å². The van der Waals surface area contributed by atoms with Crippen LogP contribution in [0.15, 0.2) is 49.9 Å². The standard InChI is InChI=1S/C24H27N9O8S3/c1-10-4-14(33-13(26-10)5-31(9-34)30-33)42-6-11-7-43-20-16(19(36)32(20)17(11)21(37)38)28-18(35)15(12-8-44-23(25)27-12)29-41-24(2,3)22(39)40/h4-5,8,16,20,30,34H,6-7,9H2,1-3H3,(H2,25,27)(H,28,35)(H,37,38)(H,39,40)/b29-15-/t16?,20-/m1/s1. The lowest BCUT2D eigenvalue weighted by atomic mass is 10.0. The molecule has 0 aliphatic carbocycles. The maximum absolute atomic E-state index is 13.3. The molecule has 4 aliphatic rings. The predicted octanol–water partition coefficient (Wildman–Crippen LogP) is -0.117. The van der Waals surface area contributed by atoms with Gasteiger partial charge in [0.25, 0.3) is 11.8 Å². The molecule has 17 nitrogen and oxygen atoms in total. The number of carbonyl (C=O) groups is 4. The molecule has 5 heterocycles. The van der Waals surface area contributed by atoms with Gasteiger partial charge in [-0.3, -0.25) is 19.5 Å². The number of nitrogens with one attached hydrogen (secondary N) is 2. The maximum Gasteiger partial charge on any atom is 0.352 e. The number of aliphatic imine (C=N–C) groups is 1. The average molecular weight is 666 g/mol. The minimum absolute atomic E-state index is 0.0152. The number of nitrogens with zero attached hydrogens (tertiary/aromatic N) is 6. The molecule has 1 fully saturated rings. The number of thiazole rings is 1. The first-order valence-corrected chi connectivity index (χ1v) is 15.7. The van der Waals surface area contributed by atoms with Gasteiger partial charge in [0.15, 0.2) is 16.7 Å². The molecular formula is C24H27N9O8S3. The van der Waals surface area contributed by atoms with Crippen LogP contribution in [0.4, 0.5) is 5.13 Å². The second-order valence-corrected chi connectivity index (χ2v) is 13.1. The van der Waals surface area contributed by atoms with Crippen LogP contribution >= 0.6 is 34.9 Å². The molecule has 1 unspecified atom stereocenters. The molecule has 4 aliphatic heterocycles. The molecule has 0 saturated carbocycles. The smallest absolute Gasteiger partial charge is 0.352 e. The Bertz CT molecular complexity index is 1580. The van der Waals surface area contributed by atoms with Crippen LogP contribution in [0.3, 0.4) is 0 Å². The number of hydrogen-bond donors (Lipinski definition) is 6. The monoisotopic (exact) mass is 665 g/mol. The van der Waals surface area contributed by atoms with Crippen molar-refractivity contribution >= 4 is 75.2 Å². The van der Waals surface area contributed by atoms with E-state index in [9.17, 15) is 34.5 Å². The Morgan fingerprint density at radius 2 is 2.09 bits per heavy atom. The second kappa shape index (κ2) is 12.1. The number of amides is 2. The van der Waals surface area contributed by atoms with Crippen molar-refractivity contribution in [2.45, 2.75) is 37.8 Å². The zero-order valence-corrected chi connectivity index (χ0v) is 25.8. The van der Waals surface area contributed by atoms with Gasteiger partial charge in [0.05, 0.1) is 11.2 Å². The van der Waals surface area contributed by atoms with E-state index in [0.717, 1.165) is 21.9 Å². The van der Waals surface area contributed by atoms with Gasteiger partial charge in [-0.05, 0) is 32.4 Å². The molecule has 1 aromatic rings. The summed E-state index contributed by atoms with van der Waals surface area (Å²) in [5.41, 5.74) is 7.58. The molecule has 7 N–H and O–H groups in total. The van der Waals surface area contributed by atoms with Gasteiger partial charge < -0.3 is 31.2 Å². The summed E-state index contributed by atoms with van der Waals surface area (Å²) in [7, 11) is 0. The third-order valence-electron chi connectivity index (χ3n) is 6.52. The van der Waals surface area contributed by atoms with E-state index in [0.29, 0.717) is 16.4 Å². The molecule has 234 valence electrons. The largest absolute Gasteiger partial charge is 0.478 e. The topological polar surface area (TPSA) is 236 Å². The number of fused-ring (bicyclic) bond motifs is 2. The quantitative estimate of drug-likeness (QED) is 0.103. The fraction of sp³-hybridized carbons (Fsp3) is 0.375. The van der Waals surface area contributed by atoms with Crippen LogP contribution in [-0.4, -0.2) is 106 Å². The zero-order chi connectivity index (χ0) is 31.9. The number of β-lactam (4-membered cyclic amide) rings is 1. The highest BCUT2D eigenvalue weighted by Gasteiger charge is 2.54. The number of aliphatic carboxylic acids is 2. The number of hydrogen-bond acceptors (Lipinski definition) is 16. The van der Waals surface area contributed by atoms with Crippen molar-refractivity contribution in [2.75, 3.05) is 24.0 Å². The Balaban J connectivity index is 1.31. The van der Waals surface area contributed by atoms with Gasteiger partial charge in [-0.2, -0.15) is 0 Å². The molecule has 2 atom stereocenters. The van der Waals surface area contributed by atoms with Gasteiger partial charge in [0.2, 0.25) is 5.60 Å². The van der Waals surface area contributed by atoms with Crippen molar-refractivity contribution in [3.05, 3.63) is 45.5 Å². The fourth-order valence-electron chi connectivity index (χ4n) is 4.25. The Morgan fingerprint density at radius 3 is 2.73 bits per heavy atom. The predicted molar refractivity (Wildman–Crippen MR) is 161 cm³/mol. The number of anilines is 1. The number of carbonyl (C=O) groups excluding carboxylic acids is 2. The number of nitrogens with two attached hydrogens (primary N) is 1. The van der Waals surface area contributed by atoms with Gasteiger partial charge in [0.1, 0.15) is 29.5 Å². The lowest BCUT2D eigenvalue weighted by Crippen LogP contribution is -2.71. The molecule has 20 heteroatoms. The number of nitrogen functional groups attached to an aromatic ring is 1. The van der Waals surface area contributed by atoms with Crippen LogP contribution in [-0.2, 0) is 24.0 Å². The second-order valence-electron chi connectivity index (χ2n) is 10.1. The summed E-state index contributed by atoms with van der Waals surface area (Å²) in [6.45, 7) is 4.01. The first kappa shape index (κ1) is 31.3. The first-order chi connectivity index (χ1) is 20.8. The van der Waals surface area contributed by atoms with Gasteiger partial charge in [-0.15, -0.1) is 40.4 Å². The number of aliphatic hydroxyl groups excluding tert-OH is 1. The van der Waals surface area contributed by atoms with E-state index in [1.54, 1.807) is 11.2 Å². The molecule has 0 aromatic carbocycles. The third-order valence-corrected chi connectivity index (χ3v) is 9.62. The zero-order valence-electron chi connectivity index (χ0n) is 23.4. The Morgan fingerprint density at radius 1 is 1.34 bits per heavy atom. The average Bonchev–Trinajstić information content (AvgIpc) is 3.59. The van der Waals surface area contributed by atoms with E-state index in [2.05, 4.69) is 26.0 Å². The molecule has 0 spiro atoms. The first-order valence-electron chi connectivity index (χ1n) is 12.8. The number of aromatic nitrogens is 1. The molecule has 1 aromatic heterocycles. The van der Waals surface area contributed by atoms with E-state index >= 15 is 0 Å². The molecule has 0 bridgehead atoms. The van der Waals surface area contributed by atoms with Crippen LogP contribution in [0.5, 0.6) is 0 Å². The van der Waals surface area contributed by atoms with E-state index in [1.807, 2.05) is 13.0 Å². The lowest BCUT2D eigenvalue weighted by Gasteiger charge is -2.49. The number of oxime groups is 1. The summed E-state index contributed by atoms with van der Waals surface area (Å²) in [4.78, 5) is 65.0. The SMILES string of the molecule is CC1=NC2=CN(CO)NN2C(SCC2=C(C(=O)O)N3C(=O)C(NC(=O)/C(=N\OC(C)(C)C(=O)O)c4csc(N)n4)[C@H]3SC2)=C1. The number of hydrazine groups is 2. The van der Waals surface area contributed by atoms with Gasteiger partial charge in [-0.25, -0.2) is 24.6 Å². The molecular weight excluding hydrogens is 639 g/mol. The van der Waals surface area contributed by atoms with Crippen LogP contribution in [0.1, 0.15) is 26.5 Å². The molecule has 5 rings (SSSR count). The molecule has 0 radical (unpaired) electrons. The van der Waals surface area contributed by atoms with Crippen LogP contribution in [0.2, 0.25) is 0 Å². The number of thioether (sulfide) groups is 2. The highest BCUT2D eigenvalue weighted by Crippen LogP contribution is 2.42. The summed E-state index contributed by atoms with van der Waals surface area (Å²) < 4.78 is 0. The van der Waals surface area contributed by atoms with Gasteiger partial charge >= 0.3 is 11.9 Å². The molecule has 2 amide bonds. The lowest BCUT2D eigenvalue weighted by molar-refractivity contribution is -0.161. The van der Waals surface area contributed by atoms with Crippen molar-refractivity contribution in [1.82, 2.24) is 30.8 Å². The van der Waals surface area contributed by atoms with Crippen LogP contribution in [0.25, 0.3) is 0 Å². The number of aliphatic hydroxyl groups is 1. The highest BCUT2D eigenvalue weighted by molar-refractivity contribution is 8.03. The van der Waals surface area contributed by atoms with E-state index in [1.165, 1.54) is 47.8 Å². The summed E-state index contributed by atoms with van der Waals surface area (Å²) in [5, 5.41) is 39.8. The summed E-state index contributed by atoms with van der Waals surface area (Å²) >= 11 is 3.64. The normalized spacial score (nSPS) is 21.6. The number of carboxylic acids is 2. The fourth-order valence-corrected chi connectivity index (χ4v) is 7.35. The van der Waals surface area contributed by atoms with Crippen LogP contribution in [0, 0.1) is 0 Å². The minimum atomic E-state index is -1.77. The van der Waals surface area contributed by atoms with E-state index in [4.69, 9.17) is 10.6 Å². The summed E-state index contributed by atoms with van der Waals surface area (Å²) in [6, 6.07) is -1.09. The maximum atomic E-state index is 13.3.